The largest absolute Gasteiger partial charge is 0.444 e. The smallest absolute Gasteiger partial charge is 0.410 e. The van der Waals surface area contributed by atoms with Gasteiger partial charge in [0.2, 0.25) is 0 Å². The molecule has 7 nitrogen and oxygen atoms in total. The summed E-state index contributed by atoms with van der Waals surface area (Å²) < 4.78 is 11.1. The lowest BCUT2D eigenvalue weighted by molar-refractivity contribution is 0.0168. The molecule has 1 heterocycles. The number of likely N-dealkylation sites (tertiary alicyclic amines) is 1. The maximum atomic E-state index is 12.3. The van der Waals surface area contributed by atoms with E-state index in [4.69, 9.17) is 14.5 Å². The zero-order chi connectivity index (χ0) is 21.4. The van der Waals surface area contributed by atoms with E-state index in [2.05, 4.69) is 38.3 Å². The molecule has 0 saturated carbocycles. The number of piperidine rings is 1. The van der Waals surface area contributed by atoms with Gasteiger partial charge in [-0.15, -0.1) is 0 Å². The molecular weight excluding hydrogens is 356 g/mol. The fourth-order valence-corrected chi connectivity index (χ4v) is 3.18. The third-order valence-corrected chi connectivity index (χ3v) is 4.74. The van der Waals surface area contributed by atoms with Crippen LogP contribution in [0.4, 0.5) is 4.79 Å². The third-order valence-electron chi connectivity index (χ3n) is 4.74. The number of ether oxygens (including phenoxy) is 2. The van der Waals surface area contributed by atoms with Crippen LogP contribution in [-0.4, -0.2) is 68.5 Å². The monoisotopic (exact) mass is 398 g/mol. The summed E-state index contributed by atoms with van der Waals surface area (Å²) in [5.74, 6) is 1.18. The molecule has 0 aromatic carbocycles. The van der Waals surface area contributed by atoms with E-state index in [1.54, 1.807) is 7.11 Å². The van der Waals surface area contributed by atoms with Gasteiger partial charge in [0.05, 0.1) is 12.6 Å². The van der Waals surface area contributed by atoms with Crippen LogP contribution in [0.1, 0.15) is 61.3 Å². The molecule has 1 rings (SSSR count). The Balaban J connectivity index is 2.60. The molecule has 2 atom stereocenters. The Bertz CT molecular complexity index is 509. The number of methoxy groups -OCH3 is 1. The minimum Gasteiger partial charge on any atom is -0.444 e. The second kappa shape index (κ2) is 10.9. The number of amides is 1. The fourth-order valence-electron chi connectivity index (χ4n) is 3.18. The van der Waals surface area contributed by atoms with Crippen molar-refractivity contribution in [2.24, 2.45) is 16.3 Å². The van der Waals surface area contributed by atoms with Crippen molar-refractivity contribution in [3.05, 3.63) is 0 Å². The van der Waals surface area contributed by atoms with Crippen LogP contribution in [0.3, 0.4) is 0 Å². The van der Waals surface area contributed by atoms with Crippen LogP contribution in [0.5, 0.6) is 0 Å². The van der Waals surface area contributed by atoms with Gasteiger partial charge in [-0.3, -0.25) is 4.99 Å². The zero-order valence-electron chi connectivity index (χ0n) is 19.2. The summed E-state index contributed by atoms with van der Waals surface area (Å²) in [4.78, 5) is 18.9. The molecule has 0 aromatic heterocycles. The summed E-state index contributed by atoms with van der Waals surface area (Å²) in [7, 11) is 1.74. The lowest BCUT2D eigenvalue weighted by Crippen LogP contribution is -2.47. The molecule has 164 valence electrons. The van der Waals surface area contributed by atoms with Crippen molar-refractivity contribution in [1.29, 1.82) is 0 Å². The van der Waals surface area contributed by atoms with Gasteiger partial charge in [0.25, 0.3) is 0 Å². The van der Waals surface area contributed by atoms with Gasteiger partial charge < -0.3 is 25.0 Å². The van der Waals surface area contributed by atoms with Gasteiger partial charge in [-0.25, -0.2) is 4.79 Å². The number of nitrogens with one attached hydrogen (secondary N) is 2. The number of hydrogen-bond donors (Lipinski definition) is 2. The summed E-state index contributed by atoms with van der Waals surface area (Å²) in [5.41, 5.74) is -0.426. The van der Waals surface area contributed by atoms with E-state index in [0.717, 1.165) is 38.4 Å². The Morgan fingerprint density at radius 3 is 2.43 bits per heavy atom. The lowest BCUT2D eigenvalue weighted by atomic mass is 9.89. The number of rotatable bonds is 6. The number of guanidine groups is 1. The minimum absolute atomic E-state index is 0.0346. The van der Waals surface area contributed by atoms with Gasteiger partial charge in [-0.05, 0) is 51.9 Å². The normalized spacial score (nSPS) is 19.9. The second-order valence-electron chi connectivity index (χ2n) is 9.63. The standard InChI is InChI=1S/C21H42N4O3/c1-9-22-18(24-14-17(27-8)20(2,3)4)23-13-16-11-10-12-25(15-16)19(26)28-21(5,6)7/h16-17H,9-15H2,1-8H3,(H2,22,23,24). The SMILES string of the molecule is CCNC(=NCC(OC)C(C)(C)C)NCC1CCCN(C(=O)OC(C)(C)C)C1. The number of carbonyl (C=O) groups excluding carboxylic acids is 1. The molecule has 1 amide bonds. The van der Waals surface area contributed by atoms with Gasteiger partial charge in [0.1, 0.15) is 5.60 Å². The Morgan fingerprint density at radius 2 is 1.89 bits per heavy atom. The second-order valence-corrected chi connectivity index (χ2v) is 9.63. The summed E-state index contributed by atoms with van der Waals surface area (Å²) in [6, 6.07) is 0. The van der Waals surface area contributed by atoms with Crippen molar-refractivity contribution in [3.63, 3.8) is 0 Å². The van der Waals surface area contributed by atoms with E-state index in [1.165, 1.54) is 0 Å². The van der Waals surface area contributed by atoms with Crippen molar-refractivity contribution >= 4 is 12.1 Å². The topological polar surface area (TPSA) is 75.2 Å². The van der Waals surface area contributed by atoms with Gasteiger partial charge >= 0.3 is 6.09 Å². The van der Waals surface area contributed by atoms with Gasteiger partial charge in [-0.1, -0.05) is 20.8 Å². The molecule has 7 heteroatoms. The quantitative estimate of drug-likeness (QED) is 0.531. The highest BCUT2D eigenvalue weighted by molar-refractivity contribution is 5.79. The molecule has 1 saturated heterocycles. The van der Waals surface area contributed by atoms with Crippen molar-refractivity contribution in [2.45, 2.75) is 73.0 Å². The van der Waals surface area contributed by atoms with Gasteiger partial charge in [-0.2, -0.15) is 0 Å². The molecular formula is C21H42N4O3. The molecule has 1 aliphatic rings. The number of nitrogens with zero attached hydrogens (tertiary/aromatic N) is 2. The van der Waals surface area contributed by atoms with Crippen molar-refractivity contribution in [3.8, 4) is 0 Å². The van der Waals surface area contributed by atoms with Crippen LogP contribution in [0.2, 0.25) is 0 Å². The van der Waals surface area contributed by atoms with Crippen LogP contribution < -0.4 is 10.6 Å². The molecule has 1 aliphatic heterocycles. The number of aliphatic imine (C=N–C) groups is 1. The van der Waals surface area contributed by atoms with E-state index in [0.29, 0.717) is 19.0 Å². The van der Waals surface area contributed by atoms with Crippen molar-refractivity contribution in [2.75, 3.05) is 39.8 Å². The Labute approximate surface area is 171 Å². The summed E-state index contributed by atoms with van der Waals surface area (Å²) >= 11 is 0. The van der Waals surface area contributed by atoms with E-state index in [-0.39, 0.29) is 17.6 Å². The predicted octanol–water partition coefficient (Wildman–Crippen LogP) is 3.25. The maximum Gasteiger partial charge on any atom is 0.410 e. The first-order chi connectivity index (χ1) is 13.0. The first-order valence-electron chi connectivity index (χ1n) is 10.5. The number of carbonyl (C=O) groups is 1. The van der Waals surface area contributed by atoms with Crippen LogP contribution in [-0.2, 0) is 9.47 Å². The number of hydrogen-bond acceptors (Lipinski definition) is 4. The van der Waals surface area contributed by atoms with Gasteiger partial charge in [0.15, 0.2) is 5.96 Å². The van der Waals surface area contributed by atoms with Gasteiger partial charge in [0, 0.05) is 33.3 Å². The molecule has 0 aromatic rings. The molecule has 1 fully saturated rings. The highest BCUT2D eigenvalue weighted by Crippen LogP contribution is 2.22. The van der Waals surface area contributed by atoms with Crippen LogP contribution in [0.15, 0.2) is 4.99 Å². The predicted molar refractivity (Wildman–Crippen MR) is 115 cm³/mol. The highest BCUT2D eigenvalue weighted by atomic mass is 16.6. The van der Waals surface area contributed by atoms with Crippen LogP contribution >= 0.6 is 0 Å². The molecule has 0 aliphatic carbocycles. The first kappa shape index (κ1) is 24.5. The average molecular weight is 399 g/mol. The van der Waals surface area contributed by atoms with E-state index in [1.807, 2.05) is 25.7 Å². The summed E-state index contributed by atoms with van der Waals surface area (Å²) in [6.07, 6.45) is 1.93. The molecule has 2 unspecified atom stereocenters. The minimum atomic E-state index is -0.460. The van der Waals surface area contributed by atoms with E-state index in [9.17, 15) is 4.79 Å². The Kier molecular flexibility index (Phi) is 9.54. The molecule has 2 N–H and O–H groups in total. The summed E-state index contributed by atoms with van der Waals surface area (Å²) in [6.45, 7) is 17.9. The maximum absolute atomic E-state index is 12.3. The van der Waals surface area contributed by atoms with Crippen molar-refractivity contribution < 1.29 is 14.3 Å². The Morgan fingerprint density at radius 1 is 1.21 bits per heavy atom. The molecule has 0 spiro atoms. The first-order valence-corrected chi connectivity index (χ1v) is 10.5. The van der Waals surface area contributed by atoms with E-state index >= 15 is 0 Å². The fraction of sp³-hybridized carbons (Fsp3) is 0.905. The molecule has 0 radical (unpaired) electrons. The van der Waals surface area contributed by atoms with E-state index < -0.39 is 5.60 Å². The third kappa shape index (κ3) is 9.13. The van der Waals surface area contributed by atoms with Crippen LogP contribution in [0.25, 0.3) is 0 Å². The summed E-state index contributed by atoms with van der Waals surface area (Å²) in [5, 5.41) is 6.73. The van der Waals surface area contributed by atoms with Crippen molar-refractivity contribution in [1.82, 2.24) is 15.5 Å². The van der Waals surface area contributed by atoms with Crippen LogP contribution in [0, 0.1) is 11.3 Å². The lowest BCUT2D eigenvalue weighted by Gasteiger charge is -2.34. The molecule has 28 heavy (non-hydrogen) atoms. The highest BCUT2D eigenvalue weighted by Gasteiger charge is 2.28. The average Bonchev–Trinajstić information content (AvgIpc) is 2.57. The Hall–Kier alpha value is -1.50. The molecule has 0 bridgehead atoms. The zero-order valence-corrected chi connectivity index (χ0v) is 19.2.